The highest BCUT2D eigenvalue weighted by Gasteiger charge is 2.29. The highest BCUT2D eigenvalue weighted by atomic mass is 16.2. The molecule has 0 saturated carbocycles. The van der Waals surface area contributed by atoms with Crippen molar-refractivity contribution in [2.75, 3.05) is 23.3 Å². The number of aromatic nitrogens is 3. The van der Waals surface area contributed by atoms with Crippen molar-refractivity contribution in [1.29, 1.82) is 0 Å². The number of primary amides is 1. The maximum atomic E-state index is 12.9. The molecule has 3 N–H and O–H groups in total. The van der Waals surface area contributed by atoms with Crippen LogP contribution >= 0.6 is 0 Å². The molecule has 31 heavy (non-hydrogen) atoms. The lowest BCUT2D eigenvalue weighted by Gasteiger charge is -2.33. The minimum absolute atomic E-state index is 0.0148. The Kier molecular flexibility index (Phi) is 5.05. The quantitative estimate of drug-likeness (QED) is 0.677. The summed E-state index contributed by atoms with van der Waals surface area (Å²) in [6, 6.07) is 6.66. The number of benzene rings is 1. The number of amides is 2. The van der Waals surface area contributed by atoms with E-state index in [1.807, 2.05) is 10.7 Å². The normalized spacial score (nSPS) is 18.6. The summed E-state index contributed by atoms with van der Waals surface area (Å²) >= 11 is 0. The molecule has 1 aliphatic carbocycles. The van der Waals surface area contributed by atoms with Gasteiger partial charge in [0.25, 0.3) is 0 Å². The molecule has 0 unspecified atom stereocenters. The summed E-state index contributed by atoms with van der Waals surface area (Å²) in [5.74, 6) is 0.301. The van der Waals surface area contributed by atoms with Gasteiger partial charge in [0.05, 0.1) is 11.6 Å². The third-order valence-corrected chi connectivity index (χ3v) is 6.33. The van der Waals surface area contributed by atoms with E-state index in [1.54, 1.807) is 30.5 Å². The minimum Gasteiger partial charge on any atom is -0.366 e. The van der Waals surface area contributed by atoms with Gasteiger partial charge in [0.2, 0.25) is 11.8 Å². The number of carbonyl (C=O) groups is 2. The number of nitrogens with one attached hydrogen (secondary N) is 1. The van der Waals surface area contributed by atoms with Gasteiger partial charge in [0, 0.05) is 42.3 Å². The molecule has 8 nitrogen and oxygen atoms in total. The summed E-state index contributed by atoms with van der Waals surface area (Å²) in [7, 11) is 0. The van der Waals surface area contributed by atoms with Gasteiger partial charge < -0.3 is 16.0 Å². The van der Waals surface area contributed by atoms with Gasteiger partial charge in [-0.3, -0.25) is 9.59 Å². The average molecular weight is 419 g/mol. The fourth-order valence-corrected chi connectivity index (χ4v) is 4.72. The molecule has 0 radical (unpaired) electrons. The molecule has 8 heteroatoms. The van der Waals surface area contributed by atoms with Crippen LogP contribution in [0.3, 0.4) is 0 Å². The van der Waals surface area contributed by atoms with Crippen LogP contribution in [0, 0.1) is 5.92 Å². The zero-order valence-corrected chi connectivity index (χ0v) is 17.4. The highest BCUT2D eigenvalue weighted by Crippen LogP contribution is 2.32. The van der Waals surface area contributed by atoms with Crippen molar-refractivity contribution in [3.05, 3.63) is 53.5 Å². The van der Waals surface area contributed by atoms with Crippen molar-refractivity contribution in [3.63, 3.8) is 0 Å². The van der Waals surface area contributed by atoms with Gasteiger partial charge in [-0.25, -0.2) is 9.50 Å². The average Bonchev–Trinajstić information content (AvgIpc) is 3.18. The van der Waals surface area contributed by atoms with E-state index in [-0.39, 0.29) is 11.8 Å². The predicted octanol–water partition coefficient (Wildman–Crippen LogP) is 2.56. The number of nitrogens with zero attached hydrogens (tertiary/aromatic N) is 4. The first-order valence-corrected chi connectivity index (χ1v) is 10.9. The van der Waals surface area contributed by atoms with Crippen molar-refractivity contribution in [1.82, 2.24) is 14.6 Å². The fraction of sp³-hybridized carbons (Fsp3) is 0.391. The smallest absolute Gasteiger partial charge is 0.248 e. The number of nitrogens with two attached hydrogens (primary N) is 1. The lowest BCUT2D eigenvalue weighted by atomic mass is 9.95. The predicted molar refractivity (Wildman–Crippen MR) is 118 cm³/mol. The van der Waals surface area contributed by atoms with E-state index in [1.165, 1.54) is 24.1 Å². The van der Waals surface area contributed by atoms with Crippen molar-refractivity contribution in [3.8, 4) is 0 Å². The van der Waals surface area contributed by atoms with Gasteiger partial charge in [0.1, 0.15) is 5.52 Å². The number of carbonyl (C=O) groups excluding carboxylic acids is 2. The van der Waals surface area contributed by atoms with E-state index in [0.717, 1.165) is 43.6 Å². The van der Waals surface area contributed by atoms with Crippen molar-refractivity contribution in [2.45, 2.75) is 38.5 Å². The van der Waals surface area contributed by atoms with Crippen molar-refractivity contribution >= 4 is 28.8 Å². The maximum absolute atomic E-state index is 12.9. The molecule has 1 fully saturated rings. The Morgan fingerprint density at radius 2 is 1.90 bits per heavy atom. The maximum Gasteiger partial charge on any atom is 0.248 e. The minimum atomic E-state index is -0.482. The number of piperidine rings is 1. The number of anilines is 2. The number of aryl methyl sites for hydroxylation is 2. The molecule has 3 heterocycles. The molecule has 160 valence electrons. The zero-order valence-electron chi connectivity index (χ0n) is 17.4. The van der Waals surface area contributed by atoms with Crippen LogP contribution in [0.25, 0.3) is 5.52 Å². The Bertz CT molecular complexity index is 1140. The molecule has 0 bridgehead atoms. The van der Waals surface area contributed by atoms with Crippen LogP contribution in [0.1, 0.15) is 47.3 Å². The summed E-state index contributed by atoms with van der Waals surface area (Å²) in [5, 5.41) is 7.75. The molecule has 1 aromatic carbocycles. The summed E-state index contributed by atoms with van der Waals surface area (Å²) in [6.07, 6.45) is 9.91. The Balaban J connectivity index is 1.35. The largest absolute Gasteiger partial charge is 0.366 e. The van der Waals surface area contributed by atoms with E-state index >= 15 is 0 Å². The van der Waals surface area contributed by atoms with Gasteiger partial charge in [-0.15, -0.1) is 0 Å². The second-order valence-corrected chi connectivity index (χ2v) is 8.39. The van der Waals surface area contributed by atoms with E-state index in [0.29, 0.717) is 17.8 Å². The second-order valence-electron chi connectivity index (χ2n) is 8.39. The first kappa shape index (κ1) is 19.5. The van der Waals surface area contributed by atoms with Crippen LogP contribution in [0.4, 0.5) is 11.5 Å². The fourth-order valence-electron chi connectivity index (χ4n) is 4.72. The molecule has 3 aromatic rings. The molecule has 1 atom stereocenters. The standard InChI is InChI=1S/C23H26N6O2/c24-21(30)15-7-9-17(10-8-15)26-23(31)16-4-3-12-28(14-16)22-20-18-5-1-2-6-19(18)27-29(20)13-11-25-22/h7-11,13,16H,1-6,12,14H2,(H2,24,30)(H,26,31)/t16-/m0/s1. The van der Waals surface area contributed by atoms with E-state index in [9.17, 15) is 9.59 Å². The van der Waals surface area contributed by atoms with E-state index < -0.39 is 5.91 Å². The second kappa shape index (κ2) is 8.02. The van der Waals surface area contributed by atoms with Crippen LogP contribution in [0.5, 0.6) is 0 Å². The lowest BCUT2D eigenvalue weighted by molar-refractivity contribution is -0.120. The monoisotopic (exact) mass is 418 g/mol. The van der Waals surface area contributed by atoms with Gasteiger partial charge >= 0.3 is 0 Å². The number of hydrogen-bond donors (Lipinski definition) is 2. The molecule has 1 saturated heterocycles. The molecular formula is C23H26N6O2. The number of fused-ring (bicyclic) bond motifs is 3. The molecule has 2 amide bonds. The zero-order chi connectivity index (χ0) is 21.4. The third-order valence-electron chi connectivity index (χ3n) is 6.33. The molecule has 2 aromatic heterocycles. The molecule has 0 spiro atoms. The van der Waals surface area contributed by atoms with Crippen LogP contribution in [-0.2, 0) is 17.6 Å². The Labute approximate surface area is 180 Å². The molecule has 1 aliphatic heterocycles. The summed E-state index contributed by atoms with van der Waals surface area (Å²) in [4.78, 5) is 31.1. The van der Waals surface area contributed by atoms with Gasteiger partial charge in [-0.1, -0.05) is 0 Å². The first-order valence-electron chi connectivity index (χ1n) is 10.9. The van der Waals surface area contributed by atoms with Gasteiger partial charge in [0.15, 0.2) is 5.82 Å². The van der Waals surface area contributed by atoms with E-state index in [2.05, 4.69) is 10.2 Å². The molecular weight excluding hydrogens is 392 g/mol. The van der Waals surface area contributed by atoms with E-state index in [4.69, 9.17) is 15.8 Å². The third kappa shape index (κ3) is 3.73. The van der Waals surface area contributed by atoms with Crippen molar-refractivity contribution < 1.29 is 9.59 Å². The van der Waals surface area contributed by atoms with Crippen LogP contribution in [-0.4, -0.2) is 39.5 Å². The molecule has 5 rings (SSSR count). The number of hydrogen-bond acceptors (Lipinski definition) is 5. The lowest BCUT2D eigenvalue weighted by Crippen LogP contribution is -2.41. The highest BCUT2D eigenvalue weighted by molar-refractivity contribution is 5.95. The first-order chi connectivity index (χ1) is 15.1. The summed E-state index contributed by atoms with van der Waals surface area (Å²) in [5.41, 5.74) is 9.97. The SMILES string of the molecule is NC(=O)c1ccc(NC(=O)[C@H]2CCCN(c3nccn4nc5c(c34)CCCC5)C2)cc1. The van der Waals surface area contributed by atoms with Crippen LogP contribution in [0.15, 0.2) is 36.7 Å². The molecule has 2 aliphatic rings. The van der Waals surface area contributed by atoms with Gasteiger partial charge in [-0.2, -0.15) is 5.10 Å². The van der Waals surface area contributed by atoms with Crippen LogP contribution < -0.4 is 16.0 Å². The summed E-state index contributed by atoms with van der Waals surface area (Å²) in [6.45, 7) is 1.50. The Morgan fingerprint density at radius 3 is 2.71 bits per heavy atom. The Morgan fingerprint density at radius 1 is 1.10 bits per heavy atom. The van der Waals surface area contributed by atoms with Gasteiger partial charge in [-0.05, 0) is 62.8 Å². The van der Waals surface area contributed by atoms with Crippen LogP contribution in [0.2, 0.25) is 0 Å². The number of rotatable bonds is 4. The summed E-state index contributed by atoms with van der Waals surface area (Å²) < 4.78 is 1.96. The topological polar surface area (TPSA) is 106 Å². The van der Waals surface area contributed by atoms with Crippen molar-refractivity contribution in [2.24, 2.45) is 11.7 Å². The Hall–Kier alpha value is -3.42.